The Bertz CT molecular complexity index is 1310. The summed E-state index contributed by atoms with van der Waals surface area (Å²) >= 11 is 1.38. The number of nitrogens with zero attached hydrogens (tertiary/aromatic N) is 2. The third-order valence-corrected chi connectivity index (χ3v) is 6.23. The Morgan fingerprint density at radius 1 is 1.23 bits per heavy atom. The van der Waals surface area contributed by atoms with Crippen LogP contribution in [-0.4, -0.2) is 44.2 Å². The second-order valence-electron chi connectivity index (χ2n) is 7.63. The van der Waals surface area contributed by atoms with Gasteiger partial charge in [0.2, 0.25) is 5.91 Å². The first-order chi connectivity index (χ1) is 16.9. The minimum atomic E-state index is -0.304. The molecule has 9 heteroatoms. The van der Waals surface area contributed by atoms with E-state index in [0.29, 0.717) is 34.6 Å². The predicted octanol–water partition coefficient (Wildman–Crippen LogP) is 4.70. The van der Waals surface area contributed by atoms with Crippen molar-refractivity contribution in [1.82, 2.24) is 4.98 Å². The molecule has 2 aromatic carbocycles. The smallest absolute Gasteiger partial charge is 0.265 e. The monoisotopic (exact) mass is 491 g/mol. The summed E-state index contributed by atoms with van der Waals surface area (Å²) in [7, 11) is 3.13. The molecule has 0 radical (unpaired) electrons. The molecule has 1 aliphatic rings. The zero-order chi connectivity index (χ0) is 24.9. The van der Waals surface area contributed by atoms with Crippen LogP contribution in [0.25, 0.3) is 17.3 Å². The molecule has 35 heavy (non-hydrogen) atoms. The SMILES string of the molecule is C=CCN1C(=O)COc2ccc(-c3nc(NC(=O)/C=C/c4ccc(OC)c(OC)c4)sc3C)cc21. The van der Waals surface area contributed by atoms with Crippen LogP contribution < -0.4 is 24.4 Å². The number of hydrogen-bond donors (Lipinski definition) is 1. The average molecular weight is 492 g/mol. The Morgan fingerprint density at radius 3 is 2.77 bits per heavy atom. The maximum absolute atomic E-state index is 12.5. The summed E-state index contributed by atoms with van der Waals surface area (Å²) in [6, 6.07) is 11.0. The lowest BCUT2D eigenvalue weighted by molar-refractivity contribution is -0.121. The number of nitrogens with one attached hydrogen (secondary N) is 1. The molecule has 0 atom stereocenters. The van der Waals surface area contributed by atoms with E-state index in [1.54, 1.807) is 43.4 Å². The van der Waals surface area contributed by atoms with Crippen molar-refractivity contribution in [3.63, 3.8) is 0 Å². The molecule has 2 heterocycles. The molecule has 3 aromatic rings. The fraction of sp³-hybridized carbons (Fsp3) is 0.192. The molecule has 0 saturated heterocycles. The van der Waals surface area contributed by atoms with Crippen LogP contribution in [-0.2, 0) is 9.59 Å². The van der Waals surface area contributed by atoms with E-state index in [9.17, 15) is 9.59 Å². The van der Waals surface area contributed by atoms with E-state index in [1.807, 2.05) is 31.2 Å². The van der Waals surface area contributed by atoms with Crippen LogP contribution >= 0.6 is 11.3 Å². The number of fused-ring (bicyclic) bond motifs is 1. The molecule has 4 rings (SSSR count). The van der Waals surface area contributed by atoms with E-state index in [-0.39, 0.29) is 18.4 Å². The first kappa shape index (κ1) is 24.0. The van der Waals surface area contributed by atoms with E-state index in [4.69, 9.17) is 14.2 Å². The Morgan fingerprint density at radius 2 is 2.03 bits per heavy atom. The molecule has 1 N–H and O–H groups in total. The van der Waals surface area contributed by atoms with Gasteiger partial charge in [0.1, 0.15) is 5.75 Å². The fourth-order valence-corrected chi connectivity index (χ4v) is 4.51. The maximum atomic E-state index is 12.5. The summed E-state index contributed by atoms with van der Waals surface area (Å²) in [5.74, 6) is 1.40. The number of hydrogen-bond acceptors (Lipinski definition) is 7. The van der Waals surface area contributed by atoms with Gasteiger partial charge in [0.15, 0.2) is 23.2 Å². The van der Waals surface area contributed by atoms with E-state index in [2.05, 4.69) is 16.9 Å². The Hall–Kier alpha value is -4.11. The lowest BCUT2D eigenvalue weighted by Crippen LogP contribution is -2.38. The van der Waals surface area contributed by atoms with Crippen LogP contribution in [0.5, 0.6) is 17.2 Å². The minimum absolute atomic E-state index is 0.00290. The van der Waals surface area contributed by atoms with Crippen molar-refractivity contribution in [2.24, 2.45) is 0 Å². The summed E-state index contributed by atoms with van der Waals surface area (Å²) < 4.78 is 16.1. The summed E-state index contributed by atoms with van der Waals surface area (Å²) in [4.78, 5) is 32.0. The number of carbonyl (C=O) groups excluding carboxylic acids is 2. The summed E-state index contributed by atoms with van der Waals surface area (Å²) in [5, 5.41) is 3.30. The molecule has 1 aliphatic heterocycles. The molecule has 0 spiro atoms. The van der Waals surface area contributed by atoms with Crippen LogP contribution in [0.4, 0.5) is 10.8 Å². The number of thiazole rings is 1. The molecule has 0 unspecified atom stereocenters. The van der Waals surface area contributed by atoms with Gasteiger partial charge in [-0.1, -0.05) is 12.1 Å². The van der Waals surface area contributed by atoms with Crippen LogP contribution in [0.2, 0.25) is 0 Å². The lowest BCUT2D eigenvalue weighted by Gasteiger charge is -2.28. The number of benzene rings is 2. The first-order valence-corrected chi connectivity index (χ1v) is 11.6. The van der Waals surface area contributed by atoms with Gasteiger partial charge in [0.05, 0.1) is 25.6 Å². The first-order valence-electron chi connectivity index (χ1n) is 10.8. The molecule has 0 aliphatic carbocycles. The molecule has 180 valence electrons. The average Bonchev–Trinajstić information content (AvgIpc) is 3.23. The third-order valence-electron chi connectivity index (χ3n) is 5.35. The zero-order valence-electron chi connectivity index (χ0n) is 19.7. The van der Waals surface area contributed by atoms with Gasteiger partial charge >= 0.3 is 0 Å². The lowest BCUT2D eigenvalue weighted by atomic mass is 10.1. The highest BCUT2D eigenvalue weighted by Crippen LogP contribution is 2.38. The van der Waals surface area contributed by atoms with E-state index < -0.39 is 0 Å². The molecular weight excluding hydrogens is 466 g/mol. The number of amides is 2. The second-order valence-corrected chi connectivity index (χ2v) is 8.83. The fourth-order valence-electron chi connectivity index (χ4n) is 3.67. The Kier molecular flexibility index (Phi) is 7.17. The van der Waals surface area contributed by atoms with Crippen molar-refractivity contribution >= 4 is 40.0 Å². The van der Waals surface area contributed by atoms with Crippen LogP contribution in [0.1, 0.15) is 10.4 Å². The van der Waals surface area contributed by atoms with Gasteiger partial charge in [0.25, 0.3) is 5.91 Å². The van der Waals surface area contributed by atoms with Crippen molar-refractivity contribution in [1.29, 1.82) is 0 Å². The Balaban J connectivity index is 1.51. The highest BCUT2D eigenvalue weighted by atomic mass is 32.1. The number of rotatable bonds is 8. The number of aromatic nitrogens is 1. The van der Waals surface area contributed by atoms with Gasteiger partial charge < -0.3 is 19.1 Å². The molecule has 0 fully saturated rings. The summed E-state index contributed by atoms with van der Waals surface area (Å²) in [6.45, 7) is 6.06. The predicted molar refractivity (Wildman–Crippen MR) is 138 cm³/mol. The third kappa shape index (κ3) is 5.20. The largest absolute Gasteiger partial charge is 0.493 e. The Labute approximate surface area is 207 Å². The topological polar surface area (TPSA) is 90.0 Å². The second kappa shape index (κ2) is 10.4. The van der Waals surface area contributed by atoms with Crippen molar-refractivity contribution in [2.75, 3.05) is 37.6 Å². The van der Waals surface area contributed by atoms with Crippen molar-refractivity contribution in [2.45, 2.75) is 6.92 Å². The van der Waals surface area contributed by atoms with Gasteiger partial charge in [-0.2, -0.15) is 0 Å². The van der Waals surface area contributed by atoms with E-state index >= 15 is 0 Å². The number of methoxy groups -OCH3 is 2. The van der Waals surface area contributed by atoms with E-state index in [0.717, 1.165) is 21.7 Å². The summed E-state index contributed by atoms with van der Waals surface area (Å²) in [5.41, 5.74) is 3.03. The molecule has 0 saturated carbocycles. The van der Waals surface area contributed by atoms with Crippen molar-refractivity contribution < 1.29 is 23.8 Å². The highest BCUT2D eigenvalue weighted by molar-refractivity contribution is 7.16. The molecule has 2 amide bonds. The van der Waals surface area contributed by atoms with Crippen molar-refractivity contribution in [3.05, 3.63) is 65.6 Å². The van der Waals surface area contributed by atoms with Gasteiger partial charge in [0, 0.05) is 23.1 Å². The highest BCUT2D eigenvalue weighted by Gasteiger charge is 2.25. The molecule has 8 nitrogen and oxygen atoms in total. The molecule has 0 bridgehead atoms. The van der Waals surface area contributed by atoms with Crippen LogP contribution in [0.3, 0.4) is 0 Å². The number of anilines is 2. The van der Waals surface area contributed by atoms with Gasteiger partial charge in [-0.25, -0.2) is 4.98 Å². The van der Waals surface area contributed by atoms with Crippen LogP contribution in [0.15, 0.2) is 55.1 Å². The summed E-state index contributed by atoms with van der Waals surface area (Å²) in [6.07, 6.45) is 4.80. The van der Waals surface area contributed by atoms with E-state index in [1.165, 1.54) is 17.4 Å². The number of carbonyl (C=O) groups is 2. The minimum Gasteiger partial charge on any atom is -0.493 e. The number of ether oxygens (including phenoxy) is 3. The maximum Gasteiger partial charge on any atom is 0.265 e. The standard InChI is InChI=1S/C26H25N3O5S/c1-5-12-29-19-14-18(8-10-20(19)34-15-24(29)31)25-16(2)35-26(28-25)27-23(30)11-7-17-6-9-21(32-3)22(13-17)33-4/h5-11,13-14H,1,12,15H2,2-4H3,(H,27,28,30)/b11-7+. The van der Waals surface area contributed by atoms with Gasteiger partial charge in [-0.3, -0.25) is 14.9 Å². The zero-order valence-corrected chi connectivity index (χ0v) is 20.5. The van der Waals surface area contributed by atoms with Gasteiger partial charge in [-0.05, 0) is 48.9 Å². The normalized spacial score (nSPS) is 12.8. The number of aryl methyl sites for hydroxylation is 1. The molecular formula is C26H25N3O5S. The van der Waals surface area contributed by atoms with Crippen LogP contribution in [0, 0.1) is 6.92 Å². The molecule has 1 aromatic heterocycles. The van der Waals surface area contributed by atoms with Gasteiger partial charge in [-0.15, -0.1) is 17.9 Å². The quantitative estimate of drug-likeness (QED) is 0.363. The van der Waals surface area contributed by atoms with Crippen molar-refractivity contribution in [3.8, 4) is 28.5 Å².